The van der Waals surface area contributed by atoms with Crippen molar-refractivity contribution in [2.24, 2.45) is 0 Å². The summed E-state index contributed by atoms with van der Waals surface area (Å²) in [5.41, 5.74) is 3.43. The first kappa shape index (κ1) is 19.0. The molecule has 2 heterocycles. The van der Waals surface area contributed by atoms with Crippen LogP contribution in [0.2, 0.25) is 5.02 Å². The number of furan rings is 1. The van der Waals surface area contributed by atoms with Crippen molar-refractivity contribution in [3.05, 3.63) is 102 Å². The molecule has 0 saturated heterocycles. The fourth-order valence-corrected chi connectivity index (χ4v) is 4.32. The summed E-state index contributed by atoms with van der Waals surface area (Å²) in [6, 6.07) is 21.6. The highest BCUT2D eigenvalue weighted by molar-refractivity contribution is 6.32. The van der Waals surface area contributed by atoms with Gasteiger partial charge in [-0.3, -0.25) is 0 Å². The smallest absolute Gasteiger partial charge is 0.164 e. The molecule has 4 nitrogen and oxygen atoms in total. The largest absolute Gasteiger partial charge is 0.456 e. The molecular formula is C27H18ClN3O. The third kappa shape index (κ3) is 3.29. The van der Waals surface area contributed by atoms with E-state index < -0.39 is 0 Å². The van der Waals surface area contributed by atoms with Crippen LogP contribution in [0, 0.1) is 0 Å². The van der Waals surface area contributed by atoms with E-state index in [2.05, 4.69) is 18.2 Å². The van der Waals surface area contributed by atoms with Gasteiger partial charge in [0, 0.05) is 32.8 Å². The molecule has 0 bridgehead atoms. The Balaban J connectivity index is 1.62. The highest BCUT2D eigenvalue weighted by atomic mass is 35.5. The van der Waals surface area contributed by atoms with Gasteiger partial charge in [0.2, 0.25) is 0 Å². The van der Waals surface area contributed by atoms with Crippen molar-refractivity contribution in [2.75, 3.05) is 0 Å². The van der Waals surface area contributed by atoms with Crippen LogP contribution in [0.4, 0.5) is 0 Å². The highest BCUT2D eigenvalue weighted by Gasteiger charge is 2.20. The third-order valence-corrected chi connectivity index (χ3v) is 5.93. The van der Waals surface area contributed by atoms with E-state index in [0.29, 0.717) is 16.7 Å². The Hall–Kier alpha value is -3.76. The number of hydrogen-bond donors (Lipinski definition) is 0. The van der Waals surface area contributed by atoms with Gasteiger partial charge in [-0.15, -0.1) is 0 Å². The van der Waals surface area contributed by atoms with Crippen LogP contribution in [-0.2, 0) is 0 Å². The molecule has 1 aliphatic rings. The average molecular weight is 436 g/mol. The lowest BCUT2D eigenvalue weighted by Gasteiger charge is -2.14. The Morgan fingerprint density at radius 3 is 2.53 bits per heavy atom. The van der Waals surface area contributed by atoms with E-state index in [1.165, 1.54) is 0 Å². The maximum atomic E-state index is 6.31. The molecule has 6 rings (SSSR count). The molecule has 3 aromatic carbocycles. The van der Waals surface area contributed by atoms with Crippen LogP contribution in [0.1, 0.15) is 18.2 Å². The summed E-state index contributed by atoms with van der Waals surface area (Å²) in [6.45, 7) is 0. The molecule has 0 fully saturated rings. The van der Waals surface area contributed by atoms with E-state index in [1.807, 2.05) is 72.8 Å². The molecule has 0 radical (unpaired) electrons. The fraction of sp³-hybridized carbons (Fsp3) is 0.0741. The fourth-order valence-electron chi connectivity index (χ4n) is 4.15. The van der Waals surface area contributed by atoms with Gasteiger partial charge in [0.15, 0.2) is 11.6 Å². The van der Waals surface area contributed by atoms with Crippen molar-refractivity contribution in [1.29, 1.82) is 0 Å². The number of aromatic nitrogens is 3. The van der Waals surface area contributed by atoms with Crippen LogP contribution in [0.15, 0.2) is 95.5 Å². The van der Waals surface area contributed by atoms with Crippen molar-refractivity contribution < 1.29 is 4.42 Å². The standard InChI is InChI=1S/C27H18ClN3O/c28-19-14-15-22-21(16-19)24-20(12-7-13-23(24)32-22)27-30-25(17-8-3-1-4-9-17)29-26(31-27)18-10-5-2-6-11-18/h1-10,12-16,18H,11H2. The molecule has 5 aromatic rings. The van der Waals surface area contributed by atoms with Crippen molar-refractivity contribution in [2.45, 2.75) is 12.3 Å². The maximum Gasteiger partial charge on any atom is 0.164 e. The van der Waals surface area contributed by atoms with Gasteiger partial charge < -0.3 is 4.42 Å². The Morgan fingerprint density at radius 2 is 1.69 bits per heavy atom. The molecular weight excluding hydrogens is 418 g/mol. The second kappa shape index (κ2) is 7.74. The Bertz CT molecular complexity index is 1520. The number of fused-ring (bicyclic) bond motifs is 3. The monoisotopic (exact) mass is 435 g/mol. The predicted molar refractivity (Wildman–Crippen MR) is 129 cm³/mol. The molecule has 0 N–H and O–H groups in total. The van der Waals surface area contributed by atoms with Gasteiger partial charge in [-0.1, -0.05) is 78.4 Å². The second-order valence-electron chi connectivity index (χ2n) is 7.78. The van der Waals surface area contributed by atoms with Crippen LogP contribution in [0.25, 0.3) is 44.7 Å². The lowest BCUT2D eigenvalue weighted by Crippen LogP contribution is -2.07. The lowest BCUT2D eigenvalue weighted by atomic mass is 9.99. The molecule has 1 aliphatic carbocycles. The van der Waals surface area contributed by atoms with E-state index in [9.17, 15) is 0 Å². The first-order valence-electron chi connectivity index (χ1n) is 10.5. The minimum atomic E-state index is 0.110. The summed E-state index contributed by atoms with van der Waals surface area (Å²) < 4.78 is 6.08. The molecule has 5 heteroatoms. The topological polar surface area (TPSA) is 51.8 Å². The summed E-state index contributed by atoms with van der Waals surface area (Å²) in [7, 11) is 0. The zero-order valence-electron chi connectivity index (χ0n) is 17.1. The van der Waals surface area contributed by atoms with Gasteiger partial charge in [0.05, 0.1) is 0 Å². The first-order chi connectivity index (χ1) is 15.8. The van der Waals surface area contributed by atoms with Crippen LogP contribution < -0.4 is 0 Å². The second-order valence-corrected chi connectivity index (χ2v) is 8.22. The van der Waals surface area contributed by atoms with Gasteiger partial charge in [0.1, 0.15) is 17.0 Å². The SMILES string of the molecule is Clc1ccc2oc3cccc(-c4nc(-c5ccccc5)nc(C5C=CC=CC5)n4)c3c2c1. The minimum Gasteiger partial charge on any atom is -0.456 e. The summed E-state index contributed by atoms with van der Waals surface area (Å²) in [5, 5.41) is 2.57. The average Bonchev–Trinajstić information content (AvgIpc) is 3.23. The number of nitrogens with zero attached hydrogens (tertiary/aromatic N) is 3. The summed E-state index contributed by atoms with van der Waals surface area (Å²) in [4.78, 5) is 14.7. The normalized spacial score (nSPS) is 15.6. The summed E-state index contributed by atoms with van der Waals surface area (Å²) in [5.74, 6) is 2.16. The number of benzene rings is 3. The molecule has 0 amide bonds. The lowest BCUT2D eigenvalue weighted by molar-refractivity contribution is 0.669. The molecule has 1 unspecified atom stereocenters. The minimum absolute atomic E-state index is 0.110. The molecule has 2 aromatic heterocycles. The van der Waals surface area contributed by atoms with Crippen LogP contribution in [0.5, 0.6) is 0 Å². The molecule has 0 spiro atoms. The van der Waals surface area contributed by atoms with Crippen molar-refractivity contribution >= 4 is 33.5 Å². The van der Waals surface area contributed by atoms with Gasteiger partial charge >= 0.3 is 0 Å². The van der Waals surface area contributed by atoms with E-state index in [0.717, 1.165) is 45.3 Å². The zero-order chi connectivity index (χ0) is 21.5. The number of halogens is 1. The number of rotatable bonds is 3. The third-order valence-electron chi connectivity index (χ3n) is 5.69. The number of allylic oxidation sites excluding steroid dienone is 4. The first-order valence-corrected chi connectivity index (χ1v) is 10.9. The predicted octanol–water partition coefficient (Wildman–Crippen LogP) is 7.36. The van der Waals surface area contributed by atoms with Gasteiger partial charge in [0.25, 0.3) is 0 Å². The van der Waals surface area contributed by atoms with Crippen molar-refractivity contribution in [3.8, 4) is 22.8 Å². The molecule has 1 atom stereocenters. The molecule has 32 heavy (non-hydrogen) atoms. The zero-order valence-corrected chi connectivity index (χ0v) is 17.8. The van der Waals surface area contributed by atoms with Crippen LogP contribution in [0.3, 0.4) is 0 Å². The highest BCUT2D eigenvalue weighted by Crippen LogP contribution is 2.37. The Kier molecular flexibility index (Phi) is 4.58. The van der Waals surface area contributed by atoms with E-state index >= 15 is 0 Å². The quantitative estimate of drug-likeness (QED) is 0.297. The summed E-state index contributed by atoms with van der Waals surface area (Å²) >= 11 is 6.31. The van der Waals surface area contributed by atoms with Crippen molar-refractivity contribution in [1.82, 2.24) is 15.0 Å². The van der Waals surface area contributed by atoms with Crippen LogP contribution in [-0.4, -0.2) is 15.0 Å². The van der Waals surface area contributed by atoms with E-state index in [4.69, 9.17) is 31.0 Å². The molecule has 0 aliphatic heterocycles. The van der Waals surface area contributed by atoms with Gasteiger partial charge in [-0.05, 0) is 30.7 Å². The Labute approximate surface area is 189 Å². The van der Waals surface area contributed by atoms with E-state index in [-0.39, 0.29) is 5.92 Å². The Morgan fingerprint density at radius 1 is 0.812 bits per heavy atom. The van der Waals surface area contributed by atoms with Crippen LogP contribution >= 0.6 is 11.6 Å². The summed E-state index contributed by atoms with van der Waals surface area (Å²) in [6.07, 6.45) is 9.25. The van der Waals surface area contributed by atoms with E-state index in [1.54, 1.807) is 0 Å². The van der Waals surface area contributed by atoms with Gasteiger partial charge in [-0.2, -0.15) is 0 Å². The number of hydrogen-bond acceptors (Lipinski definition) is 4. The maximum absolute atomic E-state index is 6.31. The van der Waals surface area contributed by atoms with Gasteiger partial charge in [-0.25, -0.2) is 15.0 Å². The molecule has 154 valence electrons. The van der Waals surface area contributed by atoms with Crippen molar-refractivity contribution in [3.63, 3.8) is 0 Å². The molecule has 0 saturated carbocycles.